The van der Waals surface area contributed by atoms with Gasteiger partial charge in [-0.15, -0.1) is 0 Å². The average molecular weight is 402 g/mol. The molecule has 9 nitrogen and oxygen atoms in total. The van der Waals surface area contributed by atoms with Crippen LogP contribution in [0.25, 0.3) is 0 Å². The maximum atomic E-state index is 13.3. The molecule has 0 saturated carbocycles. The van der Waals surface area contributed by atoms with Crippen molar-refractivity contribution in [2.75, 3.05) is 39.0 Å². The van der Waals surface area contributed by atoms with E-state index in [4.69, 9.17) is 23.7 Å². The molecule has 0 aliphatic carbocycles. The lowest BCUT2D eigenvalue weighted by Crippen LogP contribution is -2.46. The lowest BCUT2D eigenvalue weighted by Gasteiger charge is -2.24. The summed E-state index contributed by atoms with van der Waals surface area (Å²) in [5.74, 6) is -0.298. The van der Waals surface area contributed by atoms with Crippen molar-refractivity contribution >= 4 is 17.5 Å². The Morgan fingerprint density at radius 3 is 2.90 bits per heavy atom. The van der Waals surface area contributed by atoms with Crippen molar-refractivity contribution in [2.45, 2.75) is 18.0 Å². The van der Waals surface area contributed by atoms with Crippen LogP contribution in [0.15, 0.2) is 30.4 Å². The summed E-state index contributed by atoms with van der Waals surface area (Å²) < 4.78 is 27.1. The van der Waals surface area contributed by atoms with E-state index in [1.54, 1.807) is 17.0 Å². The molecule has 2 bridgehead atoms. The standard InChI is InChI=1S/C20H22N2O7/c1-25-15(26-2)8-21-18(23)16-13-5-6-20(29-13)9-22(19(24)17(16)20)11-3-4-12-14(7-11)28-10-27-12/h3-7,13,15-17H,8-10H2,1-2H3,(H,21,23)/t13-,16-,17-,20-/m1/s1. The number of methoxy groups -OCH3 is 2. The fourth-order valence-corrected chi connectivity index (χ4v) is 4.63. The molecule has 1 aromatic rings. The average Bonchev–Trinajstić information content (AvgIpc) is 3.48. The highest BCUT2D eigenvalue weighted by Gasteiger charge is 2.67. The Morgan fingerprint density at radius 2 is 2.10 bits per heavy atom. The first-order chi connectivity index (χ1) is 14.1. The number of nitrogens with zero attached hydrogens (tertiary/aromatic N) is 1. The Kier molecular flexibility index (Phi) is 4.27. The minimum Gasteiger partial charge on any atom is -0.454 e. The first-order valence-electron chi connectivity index (χ1n) is 9.48. The molecule has 1 aromatic carbocycles. The summed E-state index contributed by atoms with van der Waals surface area (Å²) in [5.41, 5.74) is -0.0938. The second kappa shape index (κ2) is 6.72. The van der Waals surface area contributed by atoms with Crippen LogP contribution in [0.5, 0.6) is 11.5 Å². The first-order valence-corrected chi connectivity index (χ1v) is 9.48. The summed E-state index contributed by atoms with van der Waals surface area (Å²) in [7, 11) is 3.00. The fourth-order valence-electron chi connectivity index (χ4n) is 4.63. The summed E-state index contributed by atoms with van der Waals surface area (Å²) in [6.45, 7) is 0.712. The van der Waals surface area contributed by atoms with Gasteiger partial charge in [0.15, 0.2) is 17.8 Å². The minimum absolute atomic E-state index is 0.133. The van der Waals surface area contributed by atoms with Gasteiger partial charge in [-0.2, -0.15) is 0 Å². The van der Waals surface area contributed by atoms with Crippen molar-refractivity contribution in [2.24, 2.45) is 11.8 Å². The number of fused-ring (bicyclic) bond motifs is 2. The highest BCUT2D eigenvalue weighted by molar-refractivity contribution is 6.03. The number of anilines is 1. The van der Waals surface area contributed by atoms with E-state index in [-0.39, 0.29) is 25.2 Å². The van der Waals surface area contributed by atoms with Crippen molar-refractivity contribution in [3.05, 3.63) is 30.4 Å². The Hall–Kier alpha value is -2.62. The van der Waals surface area contributed by atoms with Gasteiger partial charge in [-0.1, -0.05) is 12.2 Å². The third kappa shape index (κ3) is 2.72. The van der Waals surface area contributed by atoms with E-state index in [0.717, 1.165) is 0 Å². The predicted molar refractivity (Wildman–Crippen MR) is 99.5 cm³/mol. The van der Waals surface area contributed by atoms with Gasteiger partial charge < -0.3 is 33.9 Å². The Labute approximate surface area is 167 Å². The number of benzene rings is 1. The molecule has 9 heteroatoms. The van der Waals surface area contributed by atoms with Gasteiger partial charge in [-0.25, -0.2) is 0 Å². The number of rotatable bonds is 6. The maximum absolute atomic E-state index is 13.3. The van der Waals surface area contributed by atoms with E-state index in [1.165, 1.54) is 14.2 Å². The van der Waals surface area contributed by atoms with Crippen LogP contribution in [0.1, 0.15) is 0 Å². The van der Waals surface area contributed by atoms with Crippen molar-refractivity contribution in [3.63, 3.8) is 0 Å². The van der Waals surface area contributed by atoms with Crippen LogP contribution in [0.4, 0.5) is 5.69 Å². The number of hydrogen-bond donors (Lipinski definition) is 1. The lowest BCUT2D eigenvalue weighted by molar-refractivity contribution is -0.135. The van der Waals surface area contributed by atoms with Crippen LogP contribution >= 0.6 is 0 Å². The molecular weight excluding hydrogens is 380 g/mol. The third-order valence-electron chi connectivity index (χ3n) is 6.04. The summed E-state index contributed by atoms with van der Waals surface area (Å²) in [6.07, 6.45) is 2.84. The first kappa shape index (κ1) is 18.4. The van der Waals surface area contributed by atoms with Gasteiger partial charge in [0.1, 0.15) is 5.60 Å². The second-order valence-corrected chi connectivity index (χ2v) is 7.51. The SMILES string of the molecule is COC(CNC(=O)[C@@H]1[C@H]2C=C[C@]3(CN(c4ccc5c(c4)OCO5)C(=O)[C@@H]13)O2)OC. The fraction of sp³-hybridized carbons (Fsp3) is 0.500. The van der Waals surface area contributed by atoms with Gasteiger partial charge >= 0.3 is 0 Å². The molecule has 2 fully saturated rings. The molecule has 0 aromatic heterocycles. The van der Waals surface area contributed by atoms with E-state index < -0.39 is 29.8 Å². The summed E-state index contributed by atoms with van der Waals surface area (Å²) >= 11 is 0. The third-order valence-corrected chi connectivity index (χ3v) is 6.04. The van der Waals surface area contributed by atoms with Crippen LogP contribution in [0.2, 0.25) is 0 Å². The predicted octanol–water partition coefficient (Wildman–Crippen LogP) is 0.437. The lowest BCUT2D eigenvalue weighted by atomic mass is 9.77. The van der Waals surface area contributed by atoms with Crippen LogP contribution < -0.4 is 19.7 Å². The quantitative estimate of drug-likeness (QED) is 0.545. The number of carbonyl (C=O) groups excluding carboxylic acids is 2. The number of carbonyl (C=O) groups is 2. The monoisotopic (exact) mass is 402 g/mol. The van der Waals surface area contributed by atoms with E-state index >= 15 is 0 Å². The molecule has 154 valence electrons. The summed E-state index contributed by atoms with van der Waals surface area (Å²) in [6, 6.07) is 5.38. The van der Waals surface area contributed by atoms with Crippen LogP contribution in [0, 0.1) is 11.8 Å². The Bertz CT molecular complexity index is 884. The molecule has 2 amide bonds. The molecule has 4 heterocycles. The van der Waals surface area contributed by atoms with Crippen molar-refractivity contribution in [3.8, 4) is 11.5 Å². The zero-order valence-corrected chi connectivity index (χ0v) is 16.1. The van der Waals surface area contributed by atoms with Crippen LogP contribution in [-0.2, 0) is 23.8 Å². The topological polar surface area (TPSA) is 95.6 Å². The number of hydrogen-bond acceptors (Lipinski definition) is 7. The highest BCUT2D eigenvalue weighted by atomic mass is 16.7. The van der Waals surface area contributed by atoms with Crippen molar-refractivity contribution < 1.29 is 33.3 Å². The summed E-state index contributed by atoms with van der Waals surface area (Å²) in [5, 5.41) is 2.82. The molecule has 1 N–H and O–H groups in total. The largest absolute Gasteiger partial charge is 0.454 e. The zero-order valence-electron chi connectivity index (χ0n) is 16.1. The maximum Gasteiger partial charge on any atom is 0.234 e. The number of amides is 2. The molecule has 1 spiro atoms. The molecule has 2 saturated heterocycles. The van der Waals surface area contributed by atoms with Crippen LogP contribution in [0.3, 0.4) is 0 Å². The van der Waals surface area contributed by atoms with Crippen LogP contribution in [-0.4, -0.2) is 63.9 Å². The Balaban J connectivity index is 1.38. The molecule has 4 aliphatic heterocycles. The van der Waals surface area contributed by atoms with Gasteiger partial charge in [0.05, 0.1) is 31.0 Å². The van der Waals surface area contributed by atoms with Gasteiger partial charge in [0, 0.05) is 26.0 Å². The molecule has 0 radical (unpaired) electrons. The molecule has 0 unspecified atom stereocenters. The van der Waals surface area contributed by atoms with Crippen molar-refractivity contribution in [1.82, 2.24) is 5.32 Å². The van der Waals surface area contributed by atoms with Gasteiger partial charge in [0.2, 0.25) is 18.6 Å². The second-order valence-electron chi connectivity index (χ2n) is 7.51. The van der Waals surface area contributed by atoms with E-state index in [2.05, 4.69) is 5.32 Å². The van der Waals surface area contributed by atoms with Gasteiger partial charge in [0.25, 0.3) is 0 Å². The van der Waals surface area contributed by atoms with E-state index in [9.17, 15) is 9.59 Å². The van der Waals surface area contributed by atoms with Gasteiger partial charge in [-0.3, -0.25) is 9.59 Å². The molecule has 29 heavy (non-hydrogen) atoms. The van der Waals surface area contributed by atoms with E-state index in [1.807, 2.05) is 18.2 Å². The Morgan fingerprint density at radius 1 is 1.31 bits per heavy atom. The number of ether oxygens (including phenoxy) is 5. The van der Waals surface area contributed by atoms with E-state index in [0.29, 0.717) is 23.7 Å². The van der Waals surface area contributed by atoms with Gasteiger partial charge in [-0.05, 0) is 12.1 Å². The minimum atomic E-state index is -0.790. The highest BCUT2D eigenvalue weighted by Crippen LogP contribution is 2.53. The molecule has 5 rings (SSSR count). The van der Waals surface area contributed by atoms with Crippen molar-refractivity contribution in [1.29, 1.82) is 0 Å². The normalized spacial score (nSPS) is 31.1. The smallest absolute Gasteiger partial charge is 0.234 e. The zero-order chi connectivity index (χ0) is 20.2. The molecular formula is C20H22N2O7. The summed E-state index contributed by atoms with van der Waals surface area (Å²) in [4.78, 5) is 27.9. The molecule has 4 atom stereocenters. The molecule has 4 aliphatic rings. The number of nitrogens with one attached hydrogen (secondary N) is 1.